The Kier molecular flexibility index (Phi) is 7.71. The van der Waals surface area contributed by atoms with E-state index in [0.29, 0.717) is 17.7 Å². The van der Waals surface area contributed by atoms with E-state index in [1.165, 1.54) is 12.1 Å². The number of carbonyl (C=O) groups is 1. The van der Waals surface area contributed by atoms with Crippen LogP contribution < -0.4 is 15.4 Å². The fourth-order valence-corrected chi connectivity index (χ4v) is 4.18. The van der Waals surface area contributed by atoms with Crippen LogP contribution in [0.5, 0.6) is 0 Å². The minimum absolute atomic E-state index is 0.132. The Morgan fingerprint density at radius 3 is 2.44 bits per heavy atom. The number of hydrogen-bond acceptors (Lipinski definition) is 4. The number of halogens is 1. The van der Waals surface area contributed by atoms with Crippen molar-refractivity contribution in [1.82, 2.24) is 10.0 Å². The predicted octanol–water partition coefficient (Wildman–Crippen LogP) is 3.49. The van der Waals surface area contributed by atoms with E-state index in [4.69, 9.17) is 12.2 Å². The molecule has 9 heteroatoms. The van der Waals surface area contributed by atoms with E-state index in [-0.39, 0.29) is 22.0 Å². The Morgan fingerprint density at radius 1 is 1.19 bits per heavy atom. The first-order valence-electron chi connectivity index (χ1n) is 8.21. The van der Waals surface area contributed by atoms with Crippen LogP contribution in [-0.2, 0) is 10.0 Å². The van der Waals surface area contributed by atoms with Crippen LogP contribution >= 0.6 is 34.8 Å². The van der Waals surface area contributed by atoms with Gasteiger partial charge in [-0.05, 0) is 90.6 Å². The van der Waals surface area contributed by atoms with Gasteiger partial charge in [-0.15, -0.1) is 0 Å². The summed E-state index contributed by atoms with van der Waals surface area (Å²) in [6, 6.07) is 13.1. The summed E-state index contributed by atoms with van der Waals surface area (Å²) in [5, 5.41) is 5.60. The highest BCUT2D eigenvalue weighted by Crippen LogP contribution is 2.15. The molecule has 0 radical (unpaired) electrons. The maximum atomic E-state index is 12.2. The molecule has 2 rings (SSSR count). The van der Waals surface area contributed by atoms with Gasteiger partial charge in [0.25, 0.3) is 5.91 Å². The molecule has 2 aromatic carbocycles. The molecule has 0 saturated carbocycles. The zero-order valence-electron chi connectivity index (χ0n) is 14.8. The van der Waals surface area contributed by atoms with Gasteiger partial charge in [-0.2, -0.15) is 0 Å². The fraction of sp³-hybridized carbons (Fsp3) is 0.222. The molecular formula is C18H20IN3O3S2. The first-order valence-corrected chi connectivity index (χ1v) is 11.2. The smallest absolute Gasteiger partial charge is 0.257 e. The molecule has 6 nitrogen and oxygen atoms in total. The summed E-state index contributed by atoms with van der Waals surface area (Å²) in [5.74, 6) is -0.317. The topological polar surface area (TPSA) is 87.3 Å². The second-order valence-electron chi connectivity index (χ2n) is 5.87. The van der Waals surface area contributed by atoms with Crippen molar-refractivity contribution in [3.8, 4) is 0 Å². The van der Waals surface area contributed by atoms with Gasteiger partial charge in [0.05, 0.1) is 4.90 Å². The molecule has 0 aliphatic rings. The summed E-state index contributed by atoms with van der Waals surface area (Å²) in [5.41, 5.74) is 1.08. The van der Waals surface area contributed by atoms with Crippen LogP contribution in [0.1, 0.15) is 30.6 Å². The molecule has 1 amide bonds. The number of sulfonamides is 1. The lowest BCUT2D eigenvalue weighted by atomic mass is 10.2. The molecule has 1 unspecified atom stereocenters. The molecule has 0 aromatic heterocycles. The van der Waals surface area contributed by atoms with Gasteiger partial charge < -0.3 is 5.32 Å². The van der Waals surface area contributed by atoms with Crippen LogP contribution in [0.2, 0.25) is 0 Å². The third-order valence-corrected chi connectivity index (χ3v) is 6.19. The van der Waals surface area contributed by atoms with Crippen molar-refractivity contribution in [3.05, 3.63) is 57.7 Å². The number of nitrogens with one attached hydrogen (secondary N) is 3. The quantitative estimate of drug-likeness (QED) is 0.404. The third kappa shape index (κ3) is 6.52. The van der Waals surface area contributed by atoms with Gasteiger partial charge in [-0.3, -0.25) is 10.1 Å². The largest absolute Gasteiger partial charge is 0.332 e. The SMILES string of the molecule is CCC(C)NS(=O)(=O)c1ccc(NC(=S)NC(=O)c2cccc(I)c2)cc1. The molecule has 1 atom stereocenters. The second-order valence-corrected chi connectivity index (χ2v) is 9.24. The van der Waals surface area contributed by atoms with Crippen molar-refractivity contribution in [2.24, 2.45) is 0 Å². The van der Waals surface area contributed by atoms with Crippen molar-refractivity contribution in [1.29, 1.82) is 0 Å². The van der Waals surface area contributed by atoms with E-state index in [1.54, 1.807) is 30.3 Å². The maximum absolute atomic E-state index is 12.2. The first-order chi connectivity index (χ1) is 12.7. The van der Waals surface area contributed by atoms with Gasteiger partial charge >= 0.3 is 0 Å². The van der Waals surface area contributed by atoms with E-state index in [2.05, 4.69) is 37.9 Å². The number of hydrogen-bond donors (Lipinski definition) is 3. The van der Waals surface area contributed by atoms with Gasteiger partial charge in [0.2, 0.25) is 10.0 Å². The molecule has 27 heavy (non-hydrogen) atoms. The molecule has 0 aliphatic carbocycles. The molecule has 0 aliphatic heterocycles. The van der Waals surface area contributed by atoms with Gasteiger partial charge in [0, 0.05) is 20.9 Å². The van der Waals surface area contributed by atoms with Crippen LogP contribution in [0.25, 0.3) is 0 Å². The standard InChI is InChI=1S/C18H20IN3O3S2/c1-3-12(2)22-27(24,25)16-9-7-15(8-10-16)20-18(26)21-17(23)13-5-4-6-14(19)11-13/h4-12,22H,3H2,1-2H3,(H2,20,21,23,26). The van der Waals surface area contributed by atoms with Gasteiger partial charge in [-0.25, -0.2) is 13.1 Å². The van der Waals surface area contributed by atoms with E-state index in [0.717, 1.165) is 3.57 Å². The number of amides is 1. The van der Waals surface area contributed by atoms with Crippen LogP contribution in [0.15, 0.2) is 53.4 Å². The summed E-state index contributed by atoms with van der Waals surface area (Å²) in [7, 11) is -3.56. The number of thiocarbonyl (C=S) groups is 1. The molecule has 144 valence electrons. The minimum Gasteiger partial charge on any atom is -0.332 e. The molecule has 0 heterocycles. The number of carbonyl (C=O) groups excluding carboxylic acids is 1. The number of benzene rings is 2. The van der Waals surface area contributed by atoms with Crippen LogP contribution in [0.4, 0.5) is 5.69 Å². The van der Waals surface area contributed by atoms with E-state index in [9.17, 15) is 13.2 Å². The predicted molar refractivity (Wildman–Crippen MR) is 119 cm³/mol. The average Bonchev–Trinajstić information content (AvgIpc) is 2.61. The molecule has 0 saturated heterocycles. The monoisotopic (exact) mass is 517 g/mol. The summed E-state index contributed by atoms with van der Waals surface area (Å²) < 4.78 is 28.0. The lowest BCUT2D eigenvalue weighted by molar-refractivity contribution is 0.0977. The fourth-order valence-electron chi connectivity index (χ4n) is 2.10. The van der Waals surface area contributed by atoms with E-state index in [1.807, 2.05) is 19.9 Å². The van der Waals surface area contributed by atoms with Gasteiger partial charge in [0.15, 0.2) is 5.11 Å². The highest BCUT2D eigenvalue weighted by molar-refractivity contribution is 14.1. The Hall–Kier alpha value is -1.56. The van der Waals surface area contributed by atoms with Crippen molar-refractivity contribution >= 4 is 61.5 Å². The molecule has 3 N–H and O–H groups in total. The van der Waals surface area contributed by atoms with Crippen LogP contribution in [0, 0.1) is 3.57 Å². The van der Waals surface area contributed by atoms with Crippen molar-refractivity contribution in [2.45, 2.75) is 31.2 Å². The van der Waals surface area contributed by atoms with Crippen LogP contribution in [-0.4, -0.2) is 25.5 Å². The summed E-state index contributed by atoms with van der Waals surface area (Å²) >= 11 is 7.28. The zero-order chi connectivity index (χ0) is 20.0. The Morgan fingerprint density at radius 2 is 1.85 bits per heavy atom. The lowest BCUT2D eigenvalue weighted by Crippen LogP contribution is -2.34. The molecule has 0 bridgehead atoms. The Balaban J connectivity index is 1.99. The van der Waals surface area contributed by atoms with Crippen molar-refractivity contribution in [2.75, 3.05) is 5.32 Å². The van der Waals surface area contributed by atoms with Crippen LogP contribution in [0.3, 0.4) is 0 Å². The molecule has 0 spiro atoms. The van der Waals surface area contributed by atoms with Gasteiger partial charge in [0.1, 0.15) is 0 Å². The van der Waals surface area contributed by atoms with E-state index < -0.39 is 10.0 Å². The van der Waals surface area contributed by atoms with Crippen molar-refractivity contribution in [3.63, 3.8) is 0 Å². The van der Waals surface area contributed by atoms with E-state index >= 15 is 0 Å². The average molecular weight is 517 g/mol. The normalized spacial score (nSPS) is 12.3. The third-order valence-electron chi connectivity index (χ3n) is 3.71. The second kappa shape index (κ2) is 9.58. The first kappa shape index (κ1) is 21.7. The Labute approximate surface area is 178 Å². The zero-order valence-corrected chi connectivity index (χ0v) is 18.6. The number of rotatable bonds is 6. The Bertz CT molecular complexity index is 931. The molecule has 2 aromatic rings. The maximum Gasteiger partial charge on any atom is 0.257 e. The summed E-state index contributed by atoms with van der Waals surface area (Å²) in [6.45, 7) is 3.72. The minimum atomic E-state index is -3.56. The molecular weight excluding hydrogens is 497 g/mol. The summed E-state index contributed by atoms with van der Waals surface area (Å²) in [4.78, 5) is 12.4. The number of anilines is 1. The summed E-state index contributed by atoms with van der Waals surface area (Å²) in [6.07, 6.45) is 0.702. The highest BCUT2D eigenvalue weighted by atomic mass is 127. The molecule has 0 fully saturated rings. The van der Waals surface area contributed by atoms with Gasteiger partial charge in [-0.1, -0.05) is 13.0 Å². The highest BCUT2D eigenvalue weighted by Gasteiger charge is 2.16. The van der Waals surface area contributed by atoms with Crippen molar-refractivity contribution < 1.29 is 13.2 Å². The lowest BCUT2D eigenvalue weighted by Gasteiger charge is -2.13.